The van der Waals surface area contributed by atoms with Gasteiger partial charge in [0.1, 0.15) is 5.75 Å². The van der Waals surface area contributed by atoms with E-state index < -0.39 is 49.7 Å². The van der Waals surface area contributed by atoms with E-state index in [1.807, 2.05) is 0 Å². The molecule has 0 fully saturated rings. The van der Waals surface area contributed by atoms with Gasteiger partial charge in [-0.1, -0.05) is 23.7 Å². The number of carbonyl (C=O) groups excluding carboxylic acids is 1. The molecule has 182 valence electrons. The molecule has 0 heterocycles. The molecule has 0 aliphatic rings. The minimum Gasteiger partial charge on any atom is -0.406 e. The first kappa shape index (κ1) is 26.7. The number of ether oxygens (including phenoxy) is 1. The first-order valence-corrected chi connectivity index (χ1v) is 10.5. The summed E-state index contributed by atoms with van der Waals surface area (Å²) in [7, 11) is -4.20. The predicted molar refractivity (Wildman–Crippen MR) is 104 cm³/mol. The van der Waals surface area contributed by atoms with E-state index in [0.29, 0.717) is 0 Å². The molecule has 0 saturated heterocycles. The van der Waals surface area contributed by atoms with Gasteiger partial charge in [-0.05, 0) is 42.8 Å². The molecule has 15 heteroatoms. The number of aliphatic hydroxyl groups is 1. The van der Waals surface area contributed by atoms with Crippen LogP contribution >= 0.6 is 11.6 Å². The number of amides is 1. The van der Waals surface area contributed by atoms with Gasteiger partial charge in [0.15, 0.2) is 0 Å². The number of rotatable bonds is 7. The van der Waals surface area contributed by atoms with Crippen molar-refractivity contribution < 1.29 is 49.4 Å². The number of hydrogen-bond donors (Lipinski definition) is 3. The van der Waals surface area contributed by atoms with Gasteiger partial charge in [-0.2, -0.15) is 13.2 Å². The summed E-state index contributed by atoms with van der Waals surface area (Å²) in [5, 5.41) is 10.7. The normalized spacial score (nSPS) is 14.5. The van der Waals surface area contributed by atoms with Crippen molar-refractivity contribution in [2.45, 2.75) is 36.5 Å². The number of benzene rings is 2. The summed E-state index contributed by atoms with van der Waals surface area (Å²) in [5.41, 5.74) is -3.81. The Morgan fingerprint density at radius 2 is 1.64 bits per heavy atom. The molecule has 0 aromatic heterocycles. The second kappa shape index (κ2) is 9.37. The van der Waals surface area contributed by atoms with Crippen LogP contribution in [0.5, 0.6) is 5.75 Å². The van der Waals surface area contributed by atoms with E-state index in [1.54, 1.807) is 5.32 Å². The van der Waals surface area contributed by atoms with E-state index in [-0.39, 0.29) is 24.7 Å². The number of alkyl halides is 6. The summed E-state index contributed by atoms with van der Waals surface area (Å²) in [6.45, 7) is -0.0834. The first-order chi connectivity index (χ1) is 14.9. The Morgan fingerprint density at radius 3 is 2.12 bits per heavy atom. The van der Waals surface area contributed by atoms with Crippen LogP contribution in [-0.2, 0) is 21.4 Å². The Balaban J connectivity index is 2.09. The minimum absolute atomic E-state index is 0.237. The van der Waals surface area contributed by atoms with Crippen LogP contribution in [0.25, 0.3) is 0 Å². The highest BCUT2D eigenvalue weighted by Gasteiger charge is 2.55. The third-order valence-corrected chi connectivity index (χ3v) is 5.83. The highest BCUT2D eigenvalue weighted by molar-refractivity contribution is 7.89. The van der Waals surface area contributed by atoms with Crippen molar-refractivity contribution in [2.24, 2.45) is 0 Å². The number of hydrogen-bond acceptors (Lipinski definition) is 5. The highest BCUT2D eigenvalue weighted by Crippen LogP contribution is 2.32. The van der Waals surface area contributed by atoms with Crippen molar-refractivity contribution in [2.75, 3.05) is 5.32 Å². The number of nitrogens with one attached hydrogen (secondary N) is 2. The van der Waals surface area contributed by atoms with Crippen LogP contribution in [-0.4, -0.2) is 37.6 Å². The van der Waals surface area contributed by atoms with Crippen LogP contribution in [0.2, 0.25) is 5.02 Å². The maximum absolute atomic E-state index is 12.7. The van der Waals surface area contributed by atoms with Crippen LogP contribution < -0.4 is 14.8 Å². The zero-order valence-electron chi connectivity index (χ0n) is 16.4. The molecule has 0 bridgehead atoms. The zero-order chi connectivity index (χ0) is 25.2. The molecule has 0 spiro atoms. The van der Waals surface area contributed by atoms with E-state index in [4.69, 9.17) is 11.6 Å². The van der Waals surface area contributed by atoms with E-state index in [9.17, 15) is 44.7 Å². The minimum atomic E-state index is -5.27. The molecule has 1 unspecified atom stereocenters. The van der Waals surface area contributed by atoms with Gasteiger partial charge >= 0.3 is 12.5 Å². The average Bonchev–Trinajstić information content (AvgIpc) is 2.66. The molecule has 0 aliphatic heterocycles. The molecule has 0 aliphatic carbocycles. The van der Waals surface area contributed by atoms with Crippen LogP contribution in [0.1, 0.15) is 12.5 Å². The fourth-order valence-corrected chi connectivity index (χ4v) is 3.54. The van der Waals surface area contributed by atoms with Crippen molar-refractivity contribution in [1.29, 1.82) is 0 Å². The summed E-state index contributed by atoms with van der Waals surface area (Å²) < 4.78 is 105. The Bertz CT molecular complexity index is 1120. The van der Waals surface area contributed by atoms with Crippen LogP contribution in [0, 0.1) is 0 Å². The highest BCUT2D eigenvalue weighted by atomic mass is 35.5. The third kappa shape index (κ3) is 6.96. The van der Waals surface area contributed by atoms with Crippen LogP contribution in [0.15, 0.2) is 47.4 Å². The molecule has 2 aromatic rings. The number of sulfonamides is 1. The molecule has 0 radical (unpaired) electrons. The third-order valence-electron chi connectivity index (χ3n) is 4.12. The summed E-state index contributed by atoms with van der Waals surface area (Å²) in [6, 6.07) is 7.07. The fraction of sp³-hybridized carbons (Fsp3) is 0.278. The van der Waals surface area contributed by atoms with Gasteiger partial charge in [0.25, 0.3) is 5.91 Å². The molecule has 7 nitrogen and oxygen atoms in total. The molecule has 33 heavy (non-hydrogen) atoms. The van der Waals surface area contributed by atoms with Crippen molar-refractivity contribution in [1.82, 2.24) is 4.72 Å². The Kier molecular flexibility index (Phi) is 7.58. The quantitative estimate of drug-likeness (QED) is 0.479. The summed E-state index contributed by atoms with van der Waals surface area (Å²) in [4.78, 5) is 11.3. The van der Waals surface area contributed by atoms with Gasteiger partial charge < -0.3 is 15.2 Å². The van der Waals surface area contributed by atoms with Crippen LogP contribution in [0.3, 0.4) is 0 Å². The van der Waals surface area contributed by atoms with Gasteiger partial charge in [0, 0.05) is 6.54 Å². The number of halogens is 7. The number of anilines is 1. The first-order valence-electron chi connectivity index (χ1n) is 8.67. The summed E-state index contributed by atoms with van der Waals surface area (Å²) in [6.07, 6.45) is -10.1. The van der Waals surface area contributed by atoms with Gasteiger partial charge in [-0.3, -0.25) is 4.79 Å². The Hall–Kier alpha value is -2.55. The van der Waals surface area contributed by atoms with E-state index in [1.165, 1.54) is 12.1 Å². The van der Waals surface area contributed by atoms with Crippen molar-refractivity contribution in [3.05, 3.63) is 53.1 Å². The lowest BCUT2D eigenvalue weighted by Crippen LogP contribution is -2.52. The Labute approximate surface area is 188 Å². The molecule has 1 amide bonds. The monoisotopic (exact) mass is 520 g/mol. The SMILES string of the molecule is CC(O)(C(=O)Nc1ccc(S(=O)(=O)NCc2ccc(OC(F)(F)F)cc2)cc1Cl)C(F)(F)F. The maximum atomic E-state index is 12.7. The summed E-state index contributed by atoms with van der Waals surface area (Å²) in [5.74, 6) is -2.33. The lowest BCUT2D eigenvalue weighted by molar-refractivity contribution is -0.274. The van der Waals surface area contributed by atoms with Gasteiger partial charge in [0.05, 0.1) is 15.6 Å². The lowest BCUT2D eigenvalue weighted by atomic mass is 10.1. The zero-order valence-corrected chi connectivity index (χ0v) is 18.0. The van der Waals surface area contributed by atoms with Crippen molar-refractivity contribution in [3.8, 4) is 5.75 Å². The standard InChI is InChI=1S/C18H15ClF6N2O5S/c1-16(29,17(20,21)22)15(28)27-14-7-6-12(8-13(14)19)33(30,31)26-9-10-2-4-11(5-3-10)32-18(23,24)25/h2-8,26,29H,9H2,1H3,(H,27,28). The van der Waals surface area contributed by atoms with E-state index in [2.05, 4.69) is 9.46 Å². The number of carbonyl (C=O) groups is 1. The Morgan fingerprint density at radius 1 is 1.06 bits per heavy atom. The molecular weight excluding hydrogens is 506 g/mol. The molecule has 1 atom stereocenters. The second-order valence-electron chi connectivity index (χ2n) is 6.68. The van der Waals surface area contributed by atoms with Gasteiger partial charge in [-0.15, -0.1) is 13.2 Å². The second-order valence-corrected chi connectivity index (χ2v) is 8.86. The molecule has 0 saturated carbocycles. The lowest BCUT2D eigenvalue weighted by Gasteiger charge is -2.25. The van der Waals surface area contributed by atoms with E-state index >= 15 is 0 Å². The molecule has 2 aromatic carbocycles. The topological polar surface area (TPSA) is 105 Å². The molecule has 3 N–H and O–H groups in total. The molecular formula is C18H15ClF6N2O5S. The van der Waals surface area contributed by atoms with Gasteiger partial charge in [0.2, 0.25) is 15.6 Å². The van der Waals surface area contributed by atoms with Crippen molar-refractivity contribution in [3.63, 3.8) is 0 Å². The largest absolute Gasteiger partial charge is 0.573 e. The van der Waals surface area contributed by atoms with E-state index in [0.717, 1.165) is 30.3 Å². The average molecular weight is 521 g/mol. The van der Waals surface area contributed by atoms with Gasteiger partial charge in [-0.25, -0.2) is 13.1 Å². The maximum Gasteiger partial charge on any atom is 0.573 e. The summed E-state index contributed by atoms with van der Waals surface area (Å²) >= 11 is 5.86. The fourth-order valence-electron chi connectivity index (χ4n) is 2.21. The smallest absolute Gasteiger partial charge is 0.406 e. The predicted octanol–water partition coefficient (Wildman–Crippen LogP) is 3.97. The van der Waals surface area contributed by atoms with Crippen LogP contribution in [0.4, 0.5) is 32.0 Å². The molecule has 2 rings (SSSR count). The van der Waals surface area contributed by atoms with Crippen molar-refractivity contribution >= 4 is 33.2 Å².